The number of nitrogens with one attached hydrogen (secondary N) is 3. The van der Waals surface area contributed by atoms with Crippen LogP contribution in [0.1, 0.15) is 18.4 Å². The van der Waals surface area contributed by atoms with Crippen LogP contribution in [0.25, 0.3) is 0 Å². The molecular weight excluding hydrogens is 334 g/mol. The molecule has 4 aliphatic carbocycles. The Labute approximate surface area is 150 Å². The number of aliphatic hydroxyl groups excluding tert-OH is 1. The third kappa shape index (κ3) is 1.79. The second-order valence-electron chi connectivity index (χ2n) is 8.08. The van der Waals surface area contributed by atoms with Crippen molar-refractivity contribution in [3.63, 3.8) is 0 Å². The fraction of sp³-hybridized carbons (Fsp3) is 0.526. The molecule has 4 amide bonds. The molecule has 6 atom stereocenters. The third-order valence-electron chi connectivity index (χ3n) is 6.99. The van der Waals surface area contributed by atoms with E-state index in [1.165, 1.54) is 0 Å². The van der Waals surface area contributed by atoms with Gasteiger partial charge in [-0.3, -0.25) is 14.9 Å². The normalized spacial score (nSPS) is 39.7. The highest BCUT2D eigenvalue weighted by Gasteiger charge is 2.90. The van der Waals surface area contributed by atoms with E-state index in [0.29, 0.717) is 12.8 Å². The van der Waals surface area contributed by atoms with Crippen LogP contribution in [-0.2, 0) is 16.0 Å². The molecule has 7 heteroatoms. The van der Waals surface area contributed by atoms with Crippen molar-refractivity contribution in [1.29, 1.82) is 0 Å². The summed E-state index contributed by atoms with van der Waals surface area (Å²) in [7, 11) is 0. The second-order valence-corrected chi connectivity index (χ2v) is 8.08. The maximum atomic E-state index is 13.1. The minimum Gasteiger partial charge on any atom is -0.394 e. The fourth-order valence-electron chi connectivity index (χ4n) is 6.04. The molecule has 26 heavy (non-hydrogen) atoms. The van der Waals surface area contributed by atoms with E-state index in [2.05, 4.69) is 16.0 Å². The molecule has 5 fully saturated rings. The SMILES string of the molecule is O=C1NC(=O)[C@@]2(N1)[C@H]1C[C@H]3[C@@H]2[C@@]3(C(=O)N[C@@H](CO)Cc2ccccc2)C1. The van der Waals surface area contributed by atoms with Crippen LogP contribution in [0.3, 0.4) is 0 Å². The quantitative estimate of drug-likeness (QED) is 0.555. The highest BCUT2D eigenvalue weighted by Crippen LogP contribution is 2.82. The molecule has 5 aliphatic rings. The van der Waals surface area contributed by atoms with Gasteiger partial charge in [0.25, 0.3) is 5.91 Å². The van der Waals surface area contributed by atoms with Crippen LogP contribution in [0, 0.1) is 23.2 Å². The first-order valence-electron chi connectivity index (χ1n) is 9.11. The van der Waals surface area contributed by atoms with Crippen molar-refractivity contribution in [2.45, 2.75) is 30.8 Å². The lowest BCUT2D eigenvalue weighted by atomic mass is 9.88. The van der Waals surface area contributed by atoms with Crippen molar-refractivity contribution in [1.82, 2.24) is 16.0 Å². The lowest BCUT2D eigenvalue weighted by Crippen LogP contribution is -2.51. The standard InChI is InChI=1S/C19H21N3O4/c23-9-12(6-10-4-2-1-3-5-10)20-15(24)18-8-11-7-13(18)14(18)19(11)16(25)21-17(26)22-19/h1-5,11-14,23H,6-9H2,(H,20,24)(H2,21,22,25,26)/t11-,12+,13-,14+,18+,19+/m0/s1. The van der Waals surface area contributed by atoms with Gasteiger partial charge in [0.15, 0.2) is 0 Å². The molecule has 4 bridgehead atoms. The topological polar surface area (TPSA) is 108 Å². The van der Waals surface area contributed by atoms with Crippen molar-refractivity contribution in [2.75, 3.05) is 6.61 Å². The summed E-state index contributed by atoms with van der Waals surface area (Å²) in [5.74, 6) is -0.322. The number of hydrogen-bond donors (Lipinski definition) is 4. The molecule has 1 aromatic carbocycles. The van der Waals surface area contributed by atoms with Gasteiger partial charge in [-0.05, 0) is 36.7 Å². The van der Waals surface area contributed by atoms with E-state index in [1.807, 2.05) is 30.3 Å². The minimum atomic E-state index is -0.896. The van der Waals surface area contributed by atoms with Gasteiger partial charge in [-0.1, -0.05) is 30.3 Å². The van der Waals surface area contributed by atoms with E-state index in [4.69, 9.17) is 0 Å². The summed E-state index contributed by atoms with van der Waals surface area (Å²) in [4.78, 5) is 37.1. The largest absolute Gasteiger partial charge is 0.394 e. The number of aliphatic hydroxyl groups is 1. The number of imide groups is 1. The van der Waals surface area contributed by atoms with Crippen LogP contribution in [-0.4, -0.2) is 41.1 Å². The Hall–Kier alpha value is -2.41. The molecule has 7 nitrogen and oxygen atoms in total. The molecular formula is C19H21N3O4. The van der Waals surface area contributed by atoms with Crippen LogP contribution in [0.2, 0.25) is 0 Å². The van der Waals surface area contributed by atoms with Gasteiger partial charge in [0, 0.05) is 5.92 Å². The Morgan fingerprint density at radius 2 is 2.08 bits per heavy atom. The first-order valence-corrected chi connectivity index (χ1v) is 9.11. The number of benzene rings is 1. The third-order valence-corrected chi connectivity index (χ3v) is 6.99. The average Bonchev–Trinajstić information content (AvgIpc) is 2.98. The molecule has 4 N–H and O–H groups in total. The number of hydrogen-bond acceptors (Lipinski definition) is 4. The summed E-state index contributed by atoms with van der Waals surface area (Å²) in [5, 5.41) is 17.9. The summed E-state index contributed by atoms with van der Waals surface area (Å²) in [6.07, 6.45) is 1.99. The zero-order valence-corrected chi connectivity index (χ0v) is 14.2. The maximum absolute atomic E-state index is 13.1. The smallest absolute Gasteiger partial charge is 0.322 e. The lowest BCUT2D eigenvalue weighted by Gasteiger charge is -2.24. The van der Waals surface area contributed by atoms with E-state index in [1.54, 1.807) is 0 Å². The number of carbonyl (C=O) groups excluding carboxylic acids is 3. The number of rotatable bonds is 5. The van der Waals surface area contributed by atoms with Gasteiger partial charge in [0.05, 0.1) is 18.1 Å². The van der Waals surface area contributed by atoms with Crippen LogP contribution in [0.5, 0.6) is 0 Å². The van der Waals surface area contributed by atoms with E-state index >= 15 is 0 Å². The Morgan fingerprint density at radius 3 is 2.69 bits per heavy atom. The molecule has 0 unspecified atom stereocenters. The molecule has 4 saturated carbocycles. The first-order chi connectivity index (χ1) is 12.5. The van der Waals surface area contributed by atoms with E-state index in [9.17, 15) is 19.5 Å². The Bertz CT molecular complexity index is 812. The molecule has 1 heterocycles. The van der Waals surface area contributed by atoms with Crippen molar-refractivity contribution in [3.8, 4) is 0 Å². The molecule has 1 aliphatic heterocycles. The van der Waals surface area contributed by atoms with Crippen LogP contribution < -0.4 is 16.0 Å². The molecule has 1 spiro atoms. The molecule has 0 aromatic heterocycles. The van der Waals surface area contributed by atoms with Crippen molar-refractivity contribution < 1.29 is 19.5 Å². The lowest BCUT2D eigenvalue weighted by molar-refractivity contribution is -0.128. The van der Waals surface area contributed by atoms with Gasteiger partial charge in [0.2, 0.25) is 5.91 Å². The molecule has 0 radical (unpaired) electrons. The van der Waals surface area contributed by atoms with Gasteiger partial charge in [0.1, 0.15) is 5.54 Å². The minimum absolute atomic E-state index is 0.0244. The maximum Gasteiger partial charge on any atom is 0.322 e. The van der Waals surface area contributed by atoms with Crippen molar-refractivity contribution in [2.24, 2.45) is 23.2 Å². The van der Waals surface area contributed by atoms with Crippen molar-refractivity contribution >= 4 is 17.8 Å². The summed E-state index contributed by atoms with van der Waals surface area (Å²) >= 11 is 0. The Balaban J connectivity index is 1.33. The monoisotopic (exact) mass is 355 g/mol. The van der Waals surface area contributed by atoms with Gasteiger partial charge in [-0.25, -0.2) is 4.79 Å². The summed E-state index contributed by atoms with van der Waals surface area (Å²) in [5.41, 5.74) is -0.414. The Morgan fingerprint density at radius 1 is 1.31 bits per heavy atom. The molecule has 136 valence electrons. The number of carbonyl (C=O) groups is 3. The molecule has 1 saturated heterocycles. The molecule has 6 rings (SSSR count). The van der Waals surface area contributed by atoms with Gasteiger partial charge < -0.3 is 15.7 Å². The predicted octanol–water partition coefficient (Wildman–Crippen LogP) is -0.0596. The van der Waals surface area contributed by atoms with E-state index in [-0.39, 0.29) is 42.2 Å². The zero-order chi connectivity index (χ0) is 18.1. The number of amides is 4. The highest BCUT2D eigenvalue weighted by atomic mass is 16.3. The first kappa shape index (κ1) is 15.8. The predicted molar refractivity (Wildman–Crippen MR) is 90.7 cm³/mol. The van der Waals surface area contributed by atoms with Crippen LogP contribution in [0.4, 0.5) is 4.79 Å². The van der Waals surface area contributed by atoms with Gasteiger partial charge in [-0.2, -0.15) is 0 Å². The van der Waals surface area contributed by atoms with E-state index < -0.39 is 17.0 Å². The average molecular weight is 355 g/mol. The molecule has 1 aromatic rings. The van der Waals surface area contributed by atoms with E-state index in [0.717, 1.165) is 12.0 Å². The van der Waals surface area contributed by atoms with Crippen molar-refractivity contribution in [3.05, 3.63) is 35.9 Å². The van der Waals surface area contributed by atoms with Crippen LogP contribution in [0.15, 0.2) is 30.3 Å². The zero-order valence-electron chi connectivity index (χ0n) is 14.2. The summed E-state index contributed by atoms with van der Waals surface area (Å²) in [6, 6.07) is 8.90. The Kier molecular flexibility index (Phi) is 3.08. The van der Waals surface area contributed by atoms with Gasteiger partial charge >= 0.3 is 6.03 Å². The fourth-order valence-corrected chi connectivity index (χ4v) is 6.04. The van der Waals surface area contributed by atoms with Gasteiger partial charge in [-0.15, -0.1) is 0 Å². The number of urea groups is 1. The van der Waals surface area contributed by atoms with Crippen LogP contribution >= 0.6 is 0 Å². The summed E-state index contributed by atoms with van der Waals surface area (Å²) in [6.45, 7) is -0.141. The second kappa shape index (κ2) is 5.07. The highest BCUT2D eigenvalue weighted by molar-refractivity contribution is 6.10. The summed E-state index contributed by atoms with van der Waals surface area (Å²) < 4.78 is 0.